The van der Waals surface area contributed by atoms with Gasteiger partial charge in [0, 0.05) is 13.1 Å². The molecule has 0 spiro atoms. The molecule has 1 atom stereocenters. The smallest absolute Gasteiger partial charge is 0.323 e. The molecule has 1 N–H and O–H groups in total. The van der Waals surface area contributed by atoms with Gasteiger partial charge in [0.05, 0.1) is 18.1 Å². The van der Waals surface area contributed by atoms with E-state index >= 15 is 0 Å². The van der Waals surface area contributed by atoms with Crippen molar-refractivity contribution in [1.29, 1.82) is 0 Å². The molecule has 0 radical (unpaired) electrons. The second-order valence-corrected chi connectivity index (χ2v) is 8.25. The molecule has 1 unspecified atom stereocenters. The minimum absolute atomic E-state index is 0.0497. The van der Waals surface area contributed by atoms with E-state index in [0.29, 0.717) is 17.5 Å². The zero-order valence-electron chi connectivity index (χ0n) is 18.8. The summed E-state index contributed by atoms with van der Waals surface area (Å²) < 4.78 is 5.18. The van der Waals surface area contributed by atoms with E-state index in [4.69, 9.17) is 4.98 Å². The number of nitrogens with zero attached hydrogens (tertiary/aromatic N) is 7. The lowest BCUT2D eigenvalue weighted by Gasteiger charge is -2.24. The van der Waals surface area contributed by atoms with Gasteiger partial charge in [0.2, 0.25) is 5.95 Å². The molecule has 4 aromatic heterocycles. The topological polar surface area (TPSA) is 94.9 Å². The summed E-state index contributed by atoms with van der Waals surface area (Å²) in [5, 5.41) is 7.48. The SMILES string of the molecule is CCCC(CCC)C(C)n1c(=O)n(C)c2cnc(Nc3cn4ncnc4cc3C)nc21. The van der Waals surface area contributed by atoms with E-state index in [0.717, 1.165) is 48.1 Å². The van der Waals surface area contributed by atoms with Crippen LogP contribution >= 0.6 is 0 Å². The van der Waals surface area contributed by atoms with Crippen molar-refractivity contribution in [1.82, 2.24) is 33.7 Å². The van der Waals surface area contributed by atoms with Gasteiger partial charge in [-0.2, -0.15) is 10.1 Å². The number of imidazole rings is 1. The third-order valence-electron chi connectivity index (χ3n) is 6.11. The lowest BCUT2D eigenvalue weighted by molar-refractivity contribution is 0.306. The molecule has 0 aliphatic heterocycles. The lowest BCUT2D eigenvalue weighted by Crippen LogP contribution is -2.29. The summed E-state index contributed by atoms with van der Waals surface area (Å²) >= 11 is 0. The highest BCUT2D eigenvalue weighted by molar-refractivity contribution is 5.73. The van der Waals surface area contributed by atoms with Crippen molar-refractivity contribution in [3.63, 3.8) is 0 Å². The highest BCUT2D eigenvalue weighted by Crippen LogP contribution is 2.29. The summed E-state index contributed by atoms with van der Waals surface area (Å²) in [6.07, 6.45) is 9.48. The average Bonchev–Trinajstić information content (AvgIpc) is 3.29. The highest BCUT2D eigenvalue weighted by Gasteiger charge is 2.24. The second kappa shape index (κ2) is 8.49. The van der Waals surface area contributed by atoms with Gasteiger partial charge < -0.3 is 5.32 Å². The normalized spacial score (nSPS) is 12.8. The molecule has 4 aromatic rings. The molecule has 164 valence electrons. The monoisotopic (exact) mass is 422 g/mol. The molecule has 31 heavy (non-hydrogen) atoms. The van der Waals surface area contributed by atoms with Crippen molar-refractivity contribution in [3.05, 3.63) is 40.8 Å². The first kappa shape index (κ1) is 21.0. The standard InChI is InChI=1S/C22H30N8O/c1-6-8-16(9-7-2)15(4)30-20-18(28(5)22(30)31)11-23-21(27-20)26-17-12-29-19(10-14(17)3)24-13-25-29/h10-13,15-16H,6-9H2,1-5H3,(H,23,26,27). The number of anilines is 2. The average molecular weight is 423 g/mol. The van der Waals surface area contributed by atoms with Crippen LogP contribution in [-0.2, 0) is 7.05 Å². The van der Waals surface area contributed by atoms with Crippen LogP contribution in [0, 0.1) is 12.8 Å². The number of hydrogen-bond acceptors (Lipinski definition) is 6. The van der Waals surface area contributed by atoms with Gasteiger partial charge in [0.1, 0.15) is 11.8 Å². The third-order valence-corrected chi connectivity index (χ3v) is 6.11. The van der Waals surface area contributed by atoms with Crippen LogP contribution in [0.25, 0.3) is 16.8 Å². The second-order valence-electron chi connectivity index (χ2n) is 8.25. The van der Waals surface area contributed by atoms with Gasteiger partial charge in [0.15, 0.2) is 11.3 Å². The Morgan fingerprint density at radius 3 is 2.61 bits per heavy atom. The van der Waals surface area contributed by atoms with Crippen molar-refractivity contribution < 1.29 is 0 Å². The first-order chi connectivity index (χ1) is 14.9. The molecule has 0 aliphatic rings. The fourth-order valence-electron chi connectivity index (χ4n) is 4.35. The van der Waals surface area contributed by atoms with E-state index in [1.807, 2.05) is 23.8 Å². The molecule has 4 rings (SSSR count). The summed E-state index contributed by atoms with van der Waals surface area (Å²) in [6, 6.07) is 2.01. The largest absolute Gasteiger partial charge is 0.330 e. The molecule has 0 saturated carbocycles. The Hall–Kier alpha value is -3.23. The van der Waals surface area contributed by atoms with E-state index in [1.54, 1.807) is 22.3 Å². The van der Waals surface area contributed by atoms with Crippen molar-refractivity contribution in [2.24, 2.45) is 13.0 Å². The molecule has 9 heteroatoms. The fraction of sp³-hybridized carbons (Fsp3) is 0.500. The van der Waals surface area contributed by atoms with Crippen molar-refractivity contribution in [3.8, 4) is 0 Å². The van der Waals surface area contributed by atoms with E-state index in [1.165, 1.54) is 6.33 Å². The van der Waals surface area contributed by atoms with Crippen LogP contribution in [0.3, 0.4) is 0 Å². The van der Waals surface area contributed by atoms with Crippen molar-refractivity contribution in [2.45, 2.75) is 59.4 Å². The Labute approximate surface area is 181 Å². The van der Waals surface area contributed by atoms with E-state index in [-0.39, 0.29) is 11.7 Å². The summed E-state index contributed by atoms with van der Waals surface area (Å²) in [5.41, 5.74) is 3.97. The van der Waals surface area contributed by atoms with Crippen LogP contribution in [0.4, 0.5) is 11.6 Å². The summed E-state index contributed by atoms with van der Waals surface area (Å²) in [6.45, 7) is 8.52. The molecule has 0 fully saturated rings. The maximum atomic E-state index is 13.1. The molecule has 4 heterocycles. The predicted molar refractivity (Wildman–Crippen MR) is 122 cm³/mol. The maximum Gasteiger partial charge on any atom is 0.330 e. The number of nitrogens with one attached hydrogen (secondary N) is 1. The Bertz CT molecular complexity index is 1260. The predicted octanol–water partition coefficient (Wildman–Crippen LogP) is 4.00. The molecule has 9 nitrogen and oxygen atoms in total. The molecular weight excluding hydrogens is 392 g/mol. The van der Waals surface area contributed by atoms with E-state index < -0.39 is 0 Å². The first-order valence-electron chi connectivity index (χ1n) is 11.0. The van der Waals surface area contributed by atoms with Gasteiger partial charge in [-0.05, 0) is 44.2 Å². The van der Waals surface area contributed by atoms with Gasteiger partial charge in [0.25, 0.3) is 0 Å². The Morgan fingerprint density at radius 1 is 1.16 bits per heavy atom. The van der Waals surface area contributed by atoms with Gasteiger partial charge in [-0.25, -0.2) is 19.3 Å². The highest BCUT2D eigenvalue weighted by atomic mass is 16.1. The zero-order chi connectivity index (χ0) is 22.1. The van der Waals surface area contributed by atoms with Gasteiger partial charge in [-0.1, -0.05) is 26.7 Å². The minimum Gasteiger partial charge on any atom is -0.323 e. The van der Waals surface area contributed by atoms with Crippen molar-refractivity contribution >= 4 is 28.4 Å². The Morgan fingerprint density at radius 2 is 1.90 bits per heavy atom. The Kier molecular flexibility index (Phi) is 5.75. The molecule has 0 aliphatic carbocycles. The molecular formula is C22H30N8O. The van der Waals surface area contributed by atoms with Crippen LogP contribution in [0.5, 0.6) is 0 Å². The van der Waals surface area contributed by atoms with Crippen LogP contribution < -0.4 is 11.0 Å². The maximum absolute atomic E-state index is 13.1. The van der Waals surface area contributed by atoms with Gasteiger partial charge >= 0.3 is 5.69 Å². The minimum atomic E-state index is -0.0497. The van der Waals surface area contributed by atoms with E-state index in [9.17, 15) is 4.79 Å². The van der Waals surface area contributed by atoms with Crippen LogP contribution in [0.1, 0.15) is 58.1 Å². The summed E-state index contributed by atoms with van der Waals surface area (Å²) in [4.78, 5) is 26.5. The molecule has 0 bridgehead atoms. The quantitative estimate of drug-likeness (QED) is 0.461. The molecule has 0 amide bonds. The third kappa shape index (κ3) is 3.80. The number of hydrogen-bond donors (Lipinski definition) is 1. The molecule has 0 saturated heterocycles. The number of pyridine rings is 1. The number of aromatic nitrogens is 7. The Balaban J connectivity index is 1.76. The van der Waals surface area contributed by atoms with Crippen LogP contribution in [-0.4, -0.2) is 33.7 Å². The first-order valence-corrected chi connectivity index (χ1v) is 11.0. The number of aryl methyl sites for hydroxylation is 2. The number of fused-ring (bicyclic) bond motifs is 2. The summed E-state index contributed by atoms with van der Waals surface area (Å²) in [7, 11) is 1.78. The van der Waals surface area contributed by atoms with Gasteiger partial charge in [-0.3, -0.25) is 9.13 Å². The zero-order valence-corrected chi connectivity index (χ0v) is 18.8. The number of rotatable bonds is 8. The van der Waals surface area contributed by atoms with E-state index in [2.05, 4.69) is 41.2 Å². The fourth-order valence-corrected chi connectivity index (χ4v) is 4.35. The summed E-state index contributed by atoms with van der Waals surface area (Å²) in [5.74, 6) is 0.880. The molecule has 0 aromatic carbocycles. The van der Waals surface area contributed by atoms with Crippen LogP contribution in [0.2, 0.25) is 0 Å². The van der Waals surface area contributed by atoms with Crippen LogP contribution in [0.15, 0.2) is 29.6 Å². The van der Waals surface area contributed by atoms with Gasteiger partial charge in [-0.15, -0.1) is 0 Å². The van der Waals surface area contributed by atoms with Crippen molar-refractivity contribution in [2.75, 3.05) is 5.32 Å². The lowest BCUT2D eigenvalue weighted by atomic mass is 9.91.